The van der Waals surface area contributed by atoms with Gasteiger partial charge < -0.3 is 10.1 Å². The number of aryl methyl sites for hydroxylation is 2. The first-order valence-corrected chi connectivity index (χ1v) is 10.2. The second-order valence-corrected chi connectivity index (χ2v) is 7.53. The lowest BCUT2D eigenvalue weighted by atomic mass is 10.1. The van der Waals surface area contributed by atoms with Crippen molar-refractivity contribution in [2.75, 3.05) is 12.4 Å². The first-order valence-electron chi connectivity index (χ1n) is 10.2. The van der Waals surface area contributed by atoms with Gasteiger partial charge in [-0.1, -0.05) is 36.4 Å². The Morgan fingerprint density at radius 2 is 1.97 bits per heavy atom. The Morgan fingerprint density at radius 1 is 1.13 bits per heavy atom. The maximum absolute atomic E-state index is 13.5. The fourth-order valence-electron chi connectivity index (χ4n) is 3.60. The Labute approximate surface area is 174 Å². The van der Waals surface area contributed by atoms with Crippen molar-refractivity contribution in [3.8, 4) is 11.4 Å². The normalized spacial score (nSPS) is 13.5. The number of ether oxygens (including phenoxy) is 1. The Bertz CT molecular complexity index is 1240. The van der Waals surface area contributed by atoms with Gasteiger partial charge in [-0.3, -0.25) is 4.57 Å². The van der Waals surface area contributed by atoms with Crippen molar-refractivity contribution in [1.82, 2.24) is 19.1 Å². The van der Waals surface area contributed by atoms with Gasteiger partial charge in [0, 0.05) is 18.7 Å². The molecule has 0 spiro atoms. The first kappa shape index (κ1) is 18.4. The molecule has 1 saturated carbocycles. The van der Waals surface area contributed by atoms with E-state index in [0.717, 1.165) is 30.5 Å². The largest absolute Gasteiger partial charge is 0.497 e. The van der Waals surface area contributed by atoms with Crippen molar-refractivity contribution in [3.05, 3.63) is 76.8 Å². The van der Waals surface area contributed by atoms with Gasteiger partial charge in [0.15, 0.2) is 5.65 Å². The highest BCUT2D eigenvalue weighted by Crippen LogP contribution is 2.25. The van der Waals surface area contributed by atoms with E-state index in [2.05, 4.69) is 22.4 Å². The third-order valence-electron chi connectivity index (χ3n) is 5.36. The van der Waals surface area contributed by atoms with E-state index < -0.39 is 0 Å². The molecule has 7 nitrogen and oxygen atoms in total. The summed E-state index contributed by atoms with van der Waals surface area (Å²) in [6, 6.07) is 18.1. The number of anilines is 1. The summed E-state index contributed by atoms with van der Waals surface area (Å²) in [6.45, 7) is 0.551. The Hall–Kier alpha value is -3.61. The second kappa shape index (κ2) is 7.67. The molecule has 2 aromatic heterocycles. The zero-order valence-electron chi connectivity index (χ0n) is 16.8. The molecule has 2 heterocycles. The van der Waals surface area contributed by atoms with Gasteiger partial charge in [0.05, 0.1) is 19.0 Å². The summed E-state index contributed by atoms with van der Waals surface area (Å²) < 4.78 is 8.75. The van der Waals surface area contributed by atoms with Gasteiger partial charge in [-0.05, 0) is 37.0 Å². The zero-order chi connectivity index (χ0) is 20.5. The Balaban J connectivity index is 1.62. The number of methoxy groups -OCH3 is 1. The van der Waals surface area contributed by atoms with Gasteiger partial charge in [-0.25, -0.2) is 14.3 Å². The number of nitrogens with zero attached hydrogens (tertiary/aromatic N) is 4. The number of hydrogen-bond acceptors (Lipinski definition) is 5. The Morgan fingerprint density at radius 3 is 2.73 bits per heavy atom. The predicted octanol–water partition coefficient (Wildman–Crippen LogP) is 3.41. The molecule has 1 fully saturated rings. The van der Waals surface area contributed by atoms with Gasteiger partial charge in [0.2, 0.25) is 5.95 Å². The van der Waals surface area contributed by atoms with Gasteiger partial charge in [0.1, 0.15) is 11.3 Å². The zero-order valence-corrected chi connectivity index (χ0v) is 16.8. The number of imidazole rings is 1. The molecule has 0 radical (unpaired) electrons. The van der Waals surface area contributed by atoms with E-state index in [4.69, 9.17) is 9.72 Å². The molecule has 0 bridgehead atoms. The lowest BCUT2D eigenvalue weighted by Gasteiger charge is -2.06. The van der Waals surface area contributed by atoms with E-state index in [9.17, 15) is 4.79 Å². The molecule has 4 aromatic rings. The molecular formula is C23H23N5O2. The van der Waals surface area contributed by atoms with Crippen molar-refractivity contribution in [2.24, 2.45) is 0 Å². The number of benzene rings is 2. The molecule has 7 heteroatoms. The minimum Gasteiger partial charge on any atom is -0.497 e. The van der Waals surface area contributed by atoms with Crippen molar-refractivity contribution < 1.29 is 4.74 Å². The smallest absolute Gasteiger partial charge is 0.335 e. The van der Waals surface area contributed by atoms with Gasteiger partial charge in [0.25, 0.3) is 0 Å². The maximum Gasteiger partial charge on any atom is 0.335 e. The van der Waals surface area contributed by atoms with Crippen LogP contribution >= 0.6 is 0 Å². The van der Waals surface area contributed by atoms with Crippen LogP contribution in [0.15, 0.2) is 65.6 Å². The van der Waals surface area contributed by atoms with Crippen molar-refractivity contribution in [3.63, 3.8) is 0 Å². The SMILES string of the molecule is COc1cccc(-n2c(=O)n(CCc3ccccc3)c3cnc(NC4CC4)nc32)c1. The van der Waals surface area contributed by atoms with Crippen molar-refractivity contribution >= 4 is 17.1 Å². The molecule has 152 valence electrons. The summed E-state index contributed by atoms with van der Waals surface area (Å²) >= 11 is 0. The highest BCUT2D eigenvalue weighted by molar-refractivity contribution is 5.74. The molecule has 5 rings (SSSR count). The molecule has 0 atom stereocenters. The molecule has 0 amide bonds. The predicted molar refractivity (Wildman–Crippen MR) is 116 cm³/mol. The van der Waals surface area contributed by atoms with Crippen LogP contribution < -0.4 is 15.7 Å². The summed E-state index contributed by atoms with van der Waals surface area (Å²) in [7, 11) is 1.62. The number of hydrogen-bond donors (Lipinski definition) is 1. The Kier molecular flexibility index (Phi) is 4.71. The van der Waals surface area contributed by atoms with Crippen LogP contribution in [0.25, 0.3) is 16.9 Å². The van der Waals surface area contributed by atoms with Crippen LogP contribution in [-0.4, -0.2) is 32.3 Å². The minimum absolute atomic E-state index is 0.132. The quantitative estimate of drug-likeness (QED) is 0.514. The molecule has 0 aliphatic heterocycles. The van der Waals surface area contributed by atoms with Gasteiger partial charge in [-0.2, -0.15) is 4.98 Å². The lowest BCUT2D eigenvalue weighted by Crippen LogP contribution is -2.24. The molecule has 1 N–H and O–H groups in total. The van der Waals surface area contributed by atoms with Crippen LogP contribution in [0.3, 0.4) is 0 Å². The molecular weight excluding hydrogens is 378 g/mol. The molecule has 2 aromatic carbocycles. The fraction of sp³-hybridized carbons (Fsp3) is 0.261. The summed E-state index contributed by atoms with van der Waals surface area (Å²) in [5.41, 5.74) is 3.09. The maximum atomic E-state index is 13.5. The van der Waals surface area contributed by atoms with E-state index in [1.54, 1.807) is 22.4 Å². The summed E-state index contributed by atoms with van der Waals surface area (Å²) in [5, 5.41) is 3.32. The van der Waals surface area contributed by atoms with E-state index in [0.29, 0.717) is 29.9 Å². The average molecular weight is 401 g/mol. The third-order valence-corrected chi connectivity index (χ3v) is 5.36. The molecule has 0 unspecified atom stereocenters. The summed E-state index contributed by atoms with van der Waals surface area (Å²) in [6.07, 6.45) is 4.75. The van der Waals surface area contributed by atoms with Crippen molar-refractivity contribution in [1.29, 1.82) is 0 Å². The van der Waals surface area contributed by atoms with Crippen LogP contribution in [0.4, 0.5) is 5.95 Å². The second-order valence-electron chi connectivity index (χ2n) is 7.53. The number of rotatable bonds is 7. The molecule has 1 aliphatic carbocycles. The molecule has 30 heavy (non-hydrogen) atoms. The minimum atomic E-state index is -0.132. The molecule has 1 aliphatic rings. The highest BCUT2D eigenvalue weighted by atomic mass is 16.5. The van der Waals surface area contributed by atoms with E-state index in [1.165, 1.54) is 5.56 Å². The average Bonchev–Trinajstić information content (AvgIpc) is 3.55. The number of nitrogens with one attached hydrogen (secondary N) is 1. The van der Waals surface area contributed by atoms with Crippen LogP contribution in [0.1, 0.15) is 18.4 Å². The van der Waals surface area contributed by atoms with Crippen LogP contribution in [0.5, 0.6) is 5.75 Å². The van der Waals surface area contributed by atoms with E-state index >= 15 is 0 Å². The number of aromatic nitrogens is 4. The standard InChI is InChI=1S/C23H23N5O2/c1-30-19-9-5-8-18(14-19)28-21-20(15-24-22(26-21)25-17-10-11-17)27(23(28)29)13-12-16-6-3-2-4-7-16/h2-9,14-15,17H,10-13H2,1H3,(H,24,25,26). The number of fused-ring (bicyclic) bond motifs is 1. The molecule has 0 saturated heterocycles. The van der Waals surface area contributed by atoms with Gasteiger partial charge in [-0.15, -0.1) is 0 Å². The van der Waals surface area contributed by atoms with Crippen LogP contribution in [-0.2, 0) is 13.0 Å². The van der Waals surface area contributed by atoms with Crippen LogP contribution in [0.2, 0.25) is 0 Å². The lowest BCUT2D eigenvalue weighted by molar-refractivity contribution is 0.414. The highest BCUT2D eigenvalue weighted by Gasteiger charge is 2.23. The summed E-state index contributed by atoms with van der Waals surface area (Å²) in [4.78, 5) is 22.6. The first-order chi connectivity index (χ1) is 14.7. The van der Waals surface area contributed by atoms with Crippen LogP contribution in [0, 0.1) is 0 Å². The van der Waals surface area contributed by atoms with Crippen molar-refractivity contribution in [2.45, 2.75) is 31.8 Å². The van der Waals surface area contributed by atoms with E-state index in [-0.39, 0.29) is 5.69 Å². The third kappa shape index (κ3) is 3.54. The van der Waals surface area contributed by atoms with Gasteiger partial charge >= 0.3 is 5.69 Å². The monoisotopic (exact) mass is 401 g/mol. The summed E-state index contributed by atoms with van der Waals surface area (Å²) in [5.74, 6) is 1.25. The van der Waals surface area contributed by atoms with E-state index in [1.807, 2.05) is 42.5 Å². The topological polar surface area (TPSA) is 74.0 Å². The fourth-order valence-corrected chi connectivity index (χ4v) is 3.60.